The van der Waals surface area contributed by atoms with Crippen LogP contribution in [-0.4, -0.2) is 0 Å². The van der Waals surface area contributed by atoms with Crippen LogP contribution in [-0.2, 0) is 19.3 Å². The van der Waals surface area contributed by atoms with Crippen LogP contribution in [0, 0.1) is 6.92 Å². The Morgan fingerprint density at radius 3 is 2.00 bits per heavy atom. The molecule has 14 heavy (non-hydrogen) atoms. The molecule has 0 nitrogen and oxygen atoms in total. The zero-order chi connectivity index (χ0) is 10.6. The summed E-state index contributed by atoms with van der Waals surface area (Å²) in [5.41, 5.74) is 5.85. The summed E-state index contributed by atoms with van der Waals surface area (Å²) >= 11 is 0. The summed E-state index contributed by atoms with van der Waals surface area (Å²) in [4.78, 5) is 0. The van der Waals surface area contributed by atoms with Crippen LogP contribution in [0.3, 0.4) is 0 Å². The number of benzene rings is 1. The van der Waals surface area contributed by atoms with Crippen molar-refractivity contribution in [3.05, 3.63) is 47.0 Å². The minimum atomic E-state index is 1.01. The van der Waals surface area contributed by atoms with Crippen LogP contribution in [0.25, 0.3) is 0 Å². The van der Waals surface area contributed by atoms with Crippen molar-refractivity contribution < 1.29 is 0 Å². The Labute approximate surface area is 87.7 Å². The smallest absolute Gasteiger partial charge is 0.00947 e. The molecule has 0 fully saturated rings. The van der Waals surface area contributed by atoms with Gasteiger partial charge in [-0.3, -0.25) is 0 Å². The summed E-state index contributed by atoms with van der Waals surface area (Å²) in [7, 11) is 0. The number of hydrogen-bond donors (Lipinski definition) is 0. The van der Waals surface area contributed by atoms with Gasteiger partial charge >= 0.3 is 0 Å². The highest BCUT2D eigenvalue weighted by Gasteiger charge is 2.05. The summed E-state index contributed by atoms with van der Waals surface area (Å²) in [6.45, 7) is 10.5. The van der Waals surface area contributed by atoms with E-state index in [1.165, 1.54) is 22.3 Å². The maximum Gasteiger partial charge on any atom is -0.00947 e. The molecular formula is C14H20. The first-order valence-corrected chi connectivity index (χ1v) is 5.45. The second-order valence-electron chi connectivity index (χ2n) is 3.76. The van der Waals surface area contributed by atoms with Gasteiger partial charge in [0, 0.05) is 0 Å². The van der Waals surface area contributed by atoms with Crippen LogP contribution in [0.15, 0.2) is 24.8 Å². The topological polar surface area (TPSA) is 0 Å². The van der Waals surface area contributed by atoms with E-state index in [1.807, 2.05) is 6.08 Å². The average molecular weight is 188 g/mol. The predicted octanol–water partition coefficient (Wildman–Crippen LogP) is 3.85. The molecule has 0 atom stereocenters. The summed E-state index contributed by atoms with van der Waals surface area (Å²) < 4.78 is 0. The van der Waals surface area contributed by atoms with Crippen molar-refractivity contribution in [3.8, 4) is 0 Å². The molecule has 0 aromatic heterocycles. The lowest BCUT2D eigenvalue weighted by Crippen LogP contribution is -1.99. The Hall–Kier alpha value is -1.04. The molecule has 1 aromatic carbocycles. The van der Waals surface area contributed by atoms with Crippen LogP contribution < -0.4 is 0 Å². The first-order chi connectivity index (χ1) is 6.72. The highest BCUT2D eigenvalue weighted by Crippen LogP contribution is 2.20. The molecule has 0 saturated heterocycles. The van der Waals surface area contributed by atoms with Gasteiger partial charge in [-0.05, 0) is 42.9 Å². The quantitative estimate of drug-likeness (QED) is 0.630. The number of hydrogen-bond acceptors (Lipinski definition) is 0. The van der Waals surface area contributed by atoms with Crippen LogP contribution >= 0.6 is 0 Å². The third-order valence-corrected chi connectivity index (χ3v) is 2.69. The Morgan fingerprint density at radius 1 is 1.14 bits per heavy atom. The van der Waals surface area contributed by atoms with Crippen molar-refractivity contribution in [1.29, 1.82) is 0 Å². The molecule has 0 bridgehead atoms. The normalized spacial score (nSPS) is 10.2. The lowest BCUT2D eigenvalue weighted by Gasteiger charge is -2.12. The Balaban J connectivity index is 3.24. The summed E-state index contributed by atoms with van der Waals surface area (Å²) in [5, 5.41) is 0. The first kappa shape index (κ1) is 11.0. The summed E-state index contributed by atoms with van der Waals surface area (Å²) in [6, 6.07) is 4.61. The molecule has 1 aromatic rings. The average Bonchev–Trinajstić information content (AvgIpc) is 2.20. The van der Waals surface area contributed by atoms with Gasteiger partial charge in [0.25, 0.3) is 0 Å². The summed E-state index contributed by atoms with van der Waals surface area (Å²) in [5.74, 6) is 0. The minimum absolute atomic E-state index is 1.01. The monoisotopic (exact) mass is 188 g/mol. The second kappa shape index (κ2) is 4.99. The predicted molar refractivity (Wildman–Crippen MR) is 63.8 cm³/mol. The fourth-order valence-electron chi connectivity index (χ4n) is 2.01. The van der Waals surface area contributed by atoms with Crippen LogP contribution in [0.5, 0.6) is 0 Å². The molecule has 0 saturated carbocycles. The van der Waals surface area contributed by atoms with Gasteiger partial charge in [0.2, 0.25) is 0 Å². The van der Waals surface area contributed by atoms with E-state index in [0.717, 1.165) is 19.3 Å². The maximum absolute atomic E-state index is 3.83. The van der Waals surface area contributed by atoms with Crippen LogP contribution in [0.2, 0.25) is 0 Å². The first-order valence-electron chi connectivity index (χ1n) is 5.45. The van der Waals surface area contributed by atoms with Gasteiger partial charge in [0.1, 0.15) is 0 Å². The third kappa shape index (κ3) is 2.25. The molecule has 0 heteroatoms. The van der Waals surface area contributed by atoms with Crippen molar-refractivity contribution in [2.75, 3.05) is 0 Å². The molecule has 0 radical (unpaired) electrons. The Bertz CT molecular complexity index is 296. The molecular weight excluding hydrogens is 168 g/mol. The van der Waals surface area contributed by atoms with E-state index >= 15 is 0 Å². The fraction of sp³-hybridized carbons (Fsp3) is 0.429. The zero-order valence-electron chi connectivity index (χ0n) is 9.56. The van der Waals surface area contributed by atoms with Gasteiger partial charge in [-0.2, -0.15) is 0 Å². The van der Waals surface area contributed by atoms with Crippen molar-refractivity contribution >= 4 is 0 Å². The molecule has 0 aliphatic rings. The molecule has 0 spiro atoms. The molecule has 0 aliphatic heterocycles. The highest BCUT2D eigenvalue weighted by atomic mass is 14.1. The fourth-order valence-corrected chi connectivity index (χ4v) is 2.01. The van der Waals surface area contributed by atoms with E-state index in [4.69, 9.17) is 0 Å². The summed E-state index contributed by atoms with van der Waals surface area (Å²) in [6.07, 6.45) is 5.26. The van der Waals surface area contributed by atoms with Gasteiger partial charge in [-0.25, -0.2) is 0 Å². The van der Waals surface area contributed by atoms with E-state index in [1.54, 1.807) is 0 Å². The standard InChI is InChI=1S/C14H20/c1-5-8-14-12(6-2)9-11(4)10-13(14)7-3/h5,9-10H,1,6-8H2,2-4H3. The SMILES string of the molecule is C=CCc1c(CC)cc(C)cc1CC. The van der Waals surface area contributed by atoms with Crippen molar-refractivity contribution in [1.82, 2.24) is 0 Å². The lowest BCUT2D eigenvalue weighted by atomic mass is 9.93. The van der Waals surface area contributed by atoms with Crippen molar-refractivity contribution in [3.63, 3.8) is 0 Å². The highest BCUT2D eigenvalue weighted by molar-refractivity contribution is 5.40. The van der Waals surface area contributed by atoms with E-state index in [9.17, 15) is 0 Å². The van der Waals surface area contributed by atoms with Crippen LogP contribution in [0.1, 0.15) is 36.1 Å². The molecule has 0 heterocycles. The van der Waals surface area contributed by atoms with Gasteiger partial charge < -0.3 is 0 Å². The number of rotatable bonds is 4. The third-order valence-electron chi connectivity index (χ3n) is 2.69. The molecule has 1 rings (SSSR count). The van der Waals surface area contributed by atoms with Gasteiger partial charge in [0.05, 0.1) is 0 Å². The van der Waals surface area contributed by atoms with Gasteiger partial charge in [-0.1, -0.05) is 37.6 Å². The van der Waals surface area contributed by atoms with Gasteiger partial charge in [-0.15, -0.1) is 6.58 Å². The number of allylic oxidation sites excluding steroid dienone is 1. The Morgan fingerprint density at radius 2 is 1.64 bits per heavy atom. The van der Waals surface area contributed by atoms with Gasteiger partial charge in [0.15, 0.2) is 0 Å². The largest absolute Gasteiger partial charge is 0.103 e. The van der Waals surface area contributed by atoms with Crippen molar-refractivity contribution in [2.45, 2.75) is 40.0 Å². The van der Waals surface area contributed by atoms with E-state index in [2.05, 4.69) is 39.5 Å². The molecule has 0 unspecified atom stereocenters. The van der Waals surface area contributed by atoms with Crippen LogP contribution in [0.4, 0.5) is 0 Å². The van der Waals surface area contributed by atoms with Crippen molar-refractivity contribution in [2.24, 2.45) is 0 Å². The molecule has 0 N–H and O–H groups in total. The maximum atomic E-state index is 3.83. The second-order valence-corrected chi connectivity index (χ2v) is 3.76. The minimum Gasteiger partial charge on any atom is -0.103 e. The molecule has 0 amide bonds. The lowest BCUT2D eigenvalue weighted by molar-refractivity contribution is 1.01. The Kier molecular flexibility index (Phi) is 3.94. The zero-order valence-corrected chi connectivity index (χ0v) is 9.56. The van der Waals surface area contributed by atoms with E-state index < -0.39 is 0 Å². The molecule has 76 valence electrons. The molecule has 0 aliphatic carbocycles. The number of aryl methyl sites for hydroxylation is 3. The van der Waals surface area contributed by atoms with E-state index in [0.29, 0.717) is 0 Å². The van der Waals surface area contributed by atoms with E-state index in [-0.39, 0.29) is 0 Å².